The molecule has 9 aromatic carbocycles. The Labute approximate surface area is 349 Å². The van der Waals surface area contributed by atoms with Crippen molar-refractivity contribution in [1.82, 2.24) is 0 Å². The predicted molar refractivity (Wildman–Crippen MR) is 253 cm³/mol. The van der Waals surface area contributed by atoms with E-state index in [1.54, 1.807) is 0 Å². The topological polar surface area (TPSA) is 37.9 Å². The Morgan fingerprint density at radius 3 is 1.70 bits per heavy atom. The summed E-state index contributed by atoms with van der Waals surface area (Å²) in [5.74, 6) is 0.680. The Bertz CT molecular complexity index is 3350. The van der Waals surface area contributed by atoms with E-state index in [-0.39, 0.29) is 0 Å². The highest BCUT2D eigenvalue weighted by molar-refractivity contribution is 6.23. The number of amidine groups is 1. The van der Waals surface area contributed by atoms with Crippen molar-refractivity contribution in [2.24, 2.45) is 9.98 Å². The highest BCUT2D eigenvalue weighted by Gasteiger charge is 2.21. The van der Waals surface area contributed by atoms with Gasteiger partial charge in [0.05, 0.1) is 11.4 Å². The summed E-state index contributed by atoms with van der Waals surface area (Å²) >= 11 is 0. The minimum absolute atomic E-state index is 0.680. The zero-order valence-electron chi connectivity index (χ0n) is 33.3. The van der Waals surface area contributed by atoms with Crippen LogP contribution in [0.1, 0.15) is 36.5 Å². The van der Waals surface area contributed by atoms with Gasteiger partial charge in [-0.15, -0.1) is 0 Å². The summed E-state index contributed by atoms with van der Waals surface area (Å²) in [4.78, 5) is 11.1. The molecule has 11 rings (SSSR count). The summed E-state index contributed by atoms with van der Waals surface area (Å²) in [7, 11) is 0. The quantitative estimate of drug-likeness (QED) is 0.166. The van der Waals surface area contributed by atoms with Crippen molar-refractivity contribution < 1.29 is 4.42 Å². The Morgan fingerprint density at radius 2 is 0.933 bits per heavy atom. The molecule has 0 saturated carbocycles. The molecule has 0 N–H and O–H groups in total. The molecular formula is C57H40N2O. The largest absolute Gasteiger partial charge is 0.456 e. The van der Waals surface area contributed by atoms with E-state index in [2.05, 4.69) is 207 Å². The molecular weight excluding hydrogens is 729 g/mol. The van der Waals surface area contributed by atoms with E-state index in [4.69, 9.17) is 14.4 Å². The lowest BCUT2D eigenvalue weighted by atomic mass is 9.94. The van der Waals surface area contributed by atoms with Gasteiger partial charge in [0, 0.05) is 21.9 Å². The first kappa shape index (κ1) is 35.5. The van der Waals surface area contributed by atoms with Crippen LogP contribution in [0, 0.1) is 0 Å². The van der Waals surface area contributed by atoms with Gasteiger partial charge in [0.15, 0.2) is 5.84 Å². The van der Waals surface area contributed by atoms with Crippen molar-refractivity contribution in [3.63, 3.8) is 0 Å². The second-order valence-corrected chi connectivity index (χ2v) is 15.8. The van der Waals surface area contributed by atoms with Crippen molar-refractivity contribution in [2.75, 3.05) is 0 Å². The number of aliphatic imine (C=N–C) groups is 2. The normalized spacial score (nSPS) is 16.4. The van der Waals surface area contributed by atoms with Gasteiger partial charge < -0.3 is 4.42 Å². The number of rotatable bonds is 6. The molecule has 60 heavy (non-hydrogen) atoms. The molecule has 10 aromatic rings. The van der Waals surface area contributed by atoms with Gasteiger partial charge in [-0.3, -0.25) is 0 Å². The first-order chi connectivity index (χ1) is 29.6. The molecule has 0 radical (unpaired) electrons. The molecule has 0 spiro atoms. The van der Waals surface area contributed by atoms with Crippen LogP contribution in [0.4, 0.5) is 0 Å². The number of furan rings is 1. The minimum Gasteiger partial charge on any atom is -0.456 e. The van der Waals surface area contributed by atoms with Crippen molar-refractivity contribution in [1.29, 1.82) is 0 Å². The van der Waals surface area contributed by atoms with Crippen molar-refractivity contribution in [3.05, 3.63) is 222 Å². The maximum absolute atomic E-state index is 6.67. The second kappa shape index (κ2) is 15.0. The maximum atomic E-state index is 6.67. The smallest absolute Gasteiger partial charge is 0.160 e. The van der Waals surface area contributed by atoms with E-state index in [0.29, 0.717) is 5.84 Å². The molecule has 1 aliphatic heterocycles. The number of hydrogen-bond donors (Lipinski definition) is 0. The zero-order chi connectivity index (χ0) is 40.0. The third-order valence-corrected chi connectivity index (χ3v) is 12.0. The highest BCUT2D eigenvalue weighted by atomic mass is 16.3. The van der Waals surface area contributed by atoms with Gasteiger partial charge >= 0.3 is 0 Å². The van der Waals surface area contributed by atoms with Crippen LogP contribution in [0.15, 0.2) is 220 Å². The summed E-state index contributed by atoms with van der Waals surface area (Å²) in [5, 5.41) is 6.85. The molecule has 2 heterocycles. The number of allylic oxidation sites excluding steroid dienone is 1. The monoisotopic (exact) mass is 768 g/mol. The van der Waals surface area contributed by atoms with E-state index < -0.39 is 0 Å². The van der Waals surface area contributed by atoms with Crippen LogP contribution in [0.5, 0.6) is 0 Å². The maximum Gasteiger partial charge on any atom is 0.160 e. The van der Waals surface area contributed by atoms with Crippen LogP contribution in [-0.4, -0.2) is 11.5 Å². The Hall–Kier alpha value is -7.62. The minimum atomic E-state index is 0.680. The fourth-order valence-electron chi connectivity index (χ4n) is 8.73. The second-order valence-electron chi connectivity index (χ2n) is 15.8. The molecule has 0 bridgehead atoms. The molecule has 0 aliphatic carbocycles. The Balaban J connectivity index is 1.05. The van der Waals surface area contributed by atoms with Crippen molar-refractivity contribution >= 4 is 60.7 Å². The molecule has 0 unspecified atom stereocenters. The Kier molecular flexibility index (Phi) is 8.86. The van der Waals surface area contributed by atoms with Gasteiger partial charge in [0.2, 0.25) is 0 Å². The van der Waals surface area contributed by atoms with Crippen LogP contribution < -0.4 is 0 Å². The third kappa shape index (κ3) is 6.60. The summed E-state index contributed by atoms with van der Waals surface area (Å²) < 4.78 is 6.67. The van der Waals surface area contributed by atoms with Crippen LogP contribution in [0.3, 0.4) is 0 Å². The number of fused-ring (bicyclic) bond motifs is 5. The fourth-order valence-corrected chi connectivity index (χ4v) is 8.73. The third-order valence-electron chi connectivity index (χ3n) is 12.0. The number of nitrogens with zero attached hydrogens (tertiary/aromatic N) is 2. The lowest BCUT2D eigenvalue weighted by Crippen LogP contribution is -2.11. The molecule has 1 aromatic heterocycles. The Morgan fingerprint density at radius 1 is 0.383 bits per heavy atom. The van der Waals surface area contributed by atoms with E-state index >= 15 is 0 Å². The summed E-state index contributed by atoms with van der Waals surface area (Å²) in [6.07, 6.45) is 1.62. The van der Waals surface area contributed by atoms with E-state index in [9.17, 15) is 0 Å². The summed E-state index contributed by atoms with van der Waals surface area (Å²) in [5.41, 5.74) is 15.1. The summed E-state index contributed by atoms with van der Waals surface area (Å²) in [6, 6.07) is 71.3. The number of benzene rings is 9. The van der Waals surface area contributed by atoms with Gasteiger partial charge in [0.1, 0.15) is 11.2 Å². The van der Waals surface area contributed by atoms with Gasteiger partial charge in [-0.1, -0.05) is 164 Å². The molecule has 284 valence electrons. The molecule has 0 saturated heterocycles. The molecule has 3 nitrogen and oxygen atoms in total. The highest BCUT2D eigenvalue weighted by Crippen LogP contribution is 2.37. The fraction of sp³-hybridized carbons (Fsp3) is 0.0526. The summed E-state index contributed by atoms with van der Waals surface area (Å²) in [6.45, 7) is 2.23. The van der Waals surface area contributed by atoms with Gasteiger partial charge in [-0.25, -0.2) is 9.98 Å². The van der Waals surface area contributed by atoms with Crippen LogP contribution >= 0.6 is 0 Å². The molecule has 0 amide bonds. The van der Waals surface area contributed by atoms with Crippen molar-refractivity contribution in [3.8, 4) is 33.4 Å². The van der Waals surface area contributed by atoms with Crippen LogP contribution in [-0.2, 0) is 0 Å². The van der Waals surface area contributed by atoms with Gasteiger partial charge in [0.25, 0.3) is 0 Å². The molecule has 0 fully saturated rings. The van der Waals surface area contributed by atoms with E-state index in [1.165, 1.54) is 49.4 Å². The lowest BCUT2D eigenvalue weighted by Gasteiger charge is -2.17. The molecule has 3 heteroatoms. The standard InChI is InChI=1S/C57H40N2O/c1-37-19-32-52(47-28-25-43-24-27-45(34-49(43)35-47)39-13-6-3-7-14-39)58-57(59-56(37)48-29-26-40-15-8-9-16-44(40)33-48)51-17-10-18-53-55(51)50-31-30-46(36-54(50)60-53)42-22-20-41(21-23-42)38-11-4-2-5-12-38/h2-18,20-31,33-36H,19,32H2,1H3/b56-37+,58-52+,59-57-. The number of hydrogen-bond acceptors (Lipinski definition) is 3. The average Bonchev–Trinajstić information content (AvgIpc) is 3.69. The van der Waals surface area contributed by atoms with Crippen LogP contribution in [0.2, 0.25) is 0 Å². The van der Waals surface area contributed by atoms with Crippen molar-refractivity contribution in [2.45, 2.75) is 19.8 Å². The van der Waals surface area contributed by atoms with Gasteiger partial charge in [-0.05, 0) is 122 Å². The van der Waals surface area contributed by atoms with E-state index in [1.807, 2.05) is 0 Å². The predicted octanol–water partition coefficient (Wildman–Crippen LogP) is 15.4. The zero-order valence-corrected chi connectivity index (χ0v) is 33.3. The van der Waals surface area contributed by atoms with Gasteiger partial charge in [-0.2, -0.15) is 0 Å². The van der Waals surface area contributed by atoms with E-state index in [0.717, 1.165) is 74.0 Å². The molecule has 0 atom stereocenters. The SMILES string of the molecule is C\C1=C(c2ccc3ccccc3c2)/N=C(c2cccc3oc4cc(-c5ccc(-c6ccccc6)cc5)ccc4c23)\N=C(\c2ccc3ccc(-c4ccccc4)cc3c2)CC1. The average molecular weight is 769 g/mol. The lowest BCUT2D eigenvalue weighted by molar-refractivity contribution is 0.669. The van der Waals surface area contributed by atoms with Crippen LogP contribution in [0.25, 0.3) is 82.6 Å². The first-order valence-corrected chi connectivity index (χ1v) is 20.7. The first-order valence-electron chi connectivity index (χ1n) is 20.7. The molecule has 1 aliphatic rings.